The Labute approximate surface area is 464 Å². The standard InChI is InChI=1S/C66H127NO8/c1-3-5-7-9-11-13-15-17-19-21-23-24-25-26-27-28-29-30-31-32-33-34-35-36-38-40-42-44-46-48-50-52-54-56-62(70)67-59(58-74-66-65(73)64(72)63(71)61(57-68)75-66)60(69)55-53-51-49-47-45-43-41-39-37-22-20-18-16-14-12-10-8-6-4-2/h21,23,53,55,59-61,63-66,68-69,71-73H,3-20,22,24-52,54,56-58H2,1-2H3,(H,67,70)/b23-21-,55-53+. The van der Waals surface area contributed by atoms with E-state index in [1.165, 1.54) is 276 Å². The van der Waals surface area contributed by atoms with E-state index >= 15 is 0 Å². The third kappa shape index (κ3) is 45.1. The van der Waals surface area contributed by atoms with E-state index in [2.05, 4.69) is 31.3 Å². The van der Waals surface area contributed by atoms with E-state index in [9.17, 15) is 30.3 Å². The summed E-state index contributed by atoms with van der Waals surface area (Å²) in [5.41, 5.74) is 0. The quantitative estimate of drug-likeness (QED) is 0.0261. The van der Waals surface area contributed by atoms with Crippen LogP contribution in [0.25, 0.3) is 0 Å². The Hall–Kier alpha value is -1.33. The Kier molecular flexibility index (Phi) is 53.5. The summed E-state index contributed by atoms with van der Waals surface area (Å²) in [7, 11) is 0. The van der Waals surface area contributed by atoms with Crippen molar-refractivity contribution >= 4 is 5.91 Å². The Morgan fingerprint density at radius 1 is 0.440 bits per heavy atom. The summed E-state index contributed by atoms with van der Waals surface area (Å²) >= 11 is 0. The van der Waals surface area contributed by atoms with Crippen molar-refractivity contribution in [2.24, 2.45) is 0 Å². The molecule has 0 spiro atoms. The van der Waals surface area contributed by atoms with Crippen LogP contribution in [0.3, 0.4) is 0 Å². The molecule has 1 aliphatic rings. The number of unbranched alkanes of at least 4 members (excludes halogenated alkanes) is 46. The van der Waals surface area contributed by atoms with Crippen molar-refractivity contribution in [2.75, 3.05) is 13.2 Å². The molecule has 1 aliphatic heterocycles. The lowest BCUT2D eigenvalue weighted by Gasteiger charge is -2.40. The summed E-state index contributed by atoms with van der Waals surface area (Å²) in [6.45, 7) is 3.83. The van der Waals surface area contributed by atoms with Gasteiger partial charge in [0.25, 0.3) is 0 Å². The van der Waals surface area contributed by atoms with Crippen molar-refractivity contribution in [1.82, 2.24) is 5.32 Å². The maximum atomic E-state index is 13.1. The molecule has 9 nitrogen and oxygen atoms in total. The van der Waals surface area contributed by atoms with Gasteiger partial charge in [0.15, 0.2) is 6.29 Å². The van der Waals surface area contributed by atoms with Gasteiger partial charge in [-0.3, -0.25) is 4.79 Å². The molecular weight excluding hydrogens is 935 g/mol. The Morgan fingerprint density at radius 3 is 1.08 bits per heavy atom. The van der Waals surface area contributed by atoms with E-state index in [1.54, 1.807) is 6.08 Å². The van der Waals surface area contributed by atoms with Gasteiger partial charge >= 0.3 is 0 Å². The van der Waals surface area contributed by atoms with Gasteiger partial charge in [-0.05, 0) is 44.9 Å². The zero-order chi connectivity index (χ0) is 54.3. The van der Waals surface area contributed by atoms with Gasteiger partial charge in [-0.15, -0.1) is 0 Å². The van der Waals surface area contributed by atoms with Crippen molar-refractivity contribution < 1.29 is 39.8 Å². The molecule has 0 aliphatic carbocycles. The summed E-state index contributed by atoms with van der Waals surface area (Å²) in [5.74, 6) is -0.169. The molecule has 7 atom stereocenters. The van der Waals surface area contributed by atoms with Gasteiger partial charge < -0.3 is 40.3 Å². The van der Waals surface area contributed by atoms with Crippen LogP contribution < -0.4 is 5.32 Å². The van der Waals surface area contributed by atoms with Crippen LogP contribution in [0.1, 0.15) is 335 Å². The second-order valence-electron chi connectivity index (χ2n) is 23.3. The number of hydrogen-bond acceptors (Lipinski definition) is 8. The molecule has 0 saturated carbocycles. The van der Waals surface area contributed by atoms with Crippen molar-refractivity contribution in [1.29, 1.82) is 0 Å². The lowest BCUT2D eigenvalue weighted by atomic mass is 9.99. The Balaban J connectivity index is 2.11. The molecule has 9 heteroatoms. The van der Waals surface area contributed by atoms with Gasteiger partial charge in [0, 0.05) is 6.42 Å². The molecule has 1 fully saturated rings. The van der Waals surface area contributed by atoms with Crippen molar-refractivity contribution in [3.05, 3.63) is 24.3 Å². The van der Waals surface area contributed by atoms with Gasteiger partial charge in [0.1, 0.15) is 24.4 Å². The molecule has 1 heterocycles. The fraction of sp³-hybridized carbons (Fsp3) is 0.924. The average molecular weight is 1060 g/mol. The highest BCUT2D eigenvalue weighted by atomic mass is 16.7. The minimum Gasteiger partial charge on any atom is -0.394 e. The number of carbonyl (C=O) groups excluding carboxylic acids is 1. The first-order valence-electron chi connectivity index (χ1n) is 33.1. The van der Waals surface area contributed by atoms with Crippen LogP contribution in [-0.4, -0.2) is 87.5 Å². The number of amides is 1. The van der Waals surface area contributed by atoms with Crippen LogP contribution in [0, 0.1) is 0 Å². The van der Waals surface area contributed by atoms with E-state index < -0.39 is 49.5 Å². The first-order chi connectivity index (χ1) is 36.8. The second kappa shape index (κ2) is 56.0. The van der Waals surface area contributed by atoms with Crippen molar-refractivity contribution in [2.45, 2.75) is 378 Å². The van der Waals surface area contributed by atoms with Crippen LogP contribution >= 0.6 is 0 Å². The SMILES string of the molecule is CCCCCCCCCC/C=C\CCCCCCCCCCCCCCCCCCCCCCCC(=O)NC(COC1OC(CO)C(O)C(O)C1O)C(O)/C=C/CCCCCCCCCCCCCCCCCCC. The summed E-state index contributed by atoms with van der Waals surface area (Å²) in [5, 5.41) is 54.6. The van der Waals surface area contributed by atoms with E-state index in [0.717, 1.165) is 38.5 Å². The maximum absolute atomic E-state index is 13.1. The highest BCUT2D eigenvalue weighted by Crippen LogP contribution is 2.23. The zero-order valence-corrected chi connectivity index (χ0v) is 49.6. The lowest BCUT2D eigenvalue weighted by Crippen LogP contribution is -2.60. The predicted octanol–water partition coefficient (Wildman–Crippen LogP) is 17.3. The highest BCUT2D eigenvalue weighted by Gasteiger charge is 2.44. The molecular formula is C66H127NO8. The molecule has 444 valence electrons. The topological polar surface area (TPSA) is 149 Å². The van der Waals surface area contributed by atoms with Crippen LogP contribution in [0.5, 0.6) is 0 Å². The van der Waals surface area contributed by atoms with Crippen molar-refractivity contribution in [3.8, 4) is 0 Å². The Bertz CT molecular complexity index is 1230. The van der Waals surface area contributed by atoms with Crippen LogP contribution in [-0.2, 0) is 14.3 Å². The van der Waals surface area contributed by atoms with Crippen LogP contribution in [0.4, 0.5) is 0 Å². The lowest BCUT2D eigenvalue weighted by molar-refractivity contribution is -0.302. The number of nitrogens with one attached hydrogen (secondary N) is 1. The Morgan fingerprint density at radius 2 is 0.747 bits per heavy atom. The zero-order valence-electron chi connectivity index (χ0n) is 49.6. The maximum Gasteiger partial charge on any atom is 0.220 e. The molecule has 1 saturated heterocycles. The third-order valence-corrected chi connectivity index (χ3v) is 16.0. The van der Waals surface area contributed by atoms with Gasteiger partial charge in [-0.1, -0.05) is 308 Å². The molecule has 75 heavy (non-hydrogen) atoms. The molecule has 0 bridgehead atoms. The van der Waals surface area contributed by atoms with Gasteiger partial charge in [-0.25, -0.2) is 0 Å². The molecule has 0 aromatic heterocycles. The number of allylic oxidation sites excluding steroid dienone is 3. The van der Waals surface area contributed by atoms with E-state index in [-0.39, 0.29) is 12.5 Å². The fourth-order valence-corrected chi connectivity index (χ4v) is 10.8. The smallest absolute Gasteiger partial charge is 0.220 e. The summed E-state index contributed by atoms with van der Waals surface area (Å²) < 4.78 is 11.3. The number of aliphatic hydroxyl groups is 5. The number of ether oxygens (including phenoxy) is 2. The fourth-order valence-electron chi connectivity index (χ4n) is 10.8. The predicted molar refractivity (Wildman–Crippen MR) is 318 cm³/mol. The number of rotatable bonds is 58. The average Bonchev–Trinajstić information content (AvgIpc) is 3.41. The first kappa shape index (κ1) is 71.7. The van der Waals surface area contributed by atoms with E-state index in [1.807, 2.05) is 6.08 Å². The minimum atomic E-state index is -1.56. The van der Waals surface area contributed by atoms with E-state index in [0.29, 0.717) is 6.42 Å². The molecule has 0 aromatic carbocycles. The third-order valence-electron chi connectivity index (χ3n) is 16.0. The number of carbonyl (C=O) groups is 1. The first-order valence-corrected chi connectivity index (χ1v) is 33.1. The minimum absolute atomic E-state index is 0.169. The summed E-state index contributed by atoms with van der Waals surface area (Å²) in [6, 6.07) is -0.802. The summed E-state index contributed by atoms with van der Waals surface area (Å²) in [6.07, 6.45) is 65.6. The normalized spacial score (nSPS) is 18.9. The van der Waals surface area contributed by atoms with Gasteiger partial charge in [-0.2, -0.15) is 0 Å². The second-order valence-corrected chi connectivity index (χ2v) is 23.3. The largest absolute Gasteiger partial charge is 0.394 e. The molecule has 1 amide bonds. The molecule has 7 unspecified atom stereocenters. The molecule has 0 aromatic rings. The molecule has 6 N–H and O–H groups in total. The van der Waals surface area contributed by atoms with Crippen LogP contribution in [0.15, 0.2) is 24.3 Å². The van der Waals surface area contributed by atoms with Gasteiger partial charge in [0.05, 0.1) is 25.4 Å². The molecule has 0 radical (unpaired) electrons. The van der Waals surface area contributed by atoms with E-state index in [4.69, 9.17) is 9.47 Å². The summed E-state index contributed by atoms with van der Waals surface area (Å²) in [4.78, 5) is 13.1. The molecule has 1 rings (SSSR count). The number of hydrogen-bond donors (Lipinski definition) is 6. The number of aliphatic hydroxyl groups excluding tert-OH is 5. The highest BCUT2D eigenvalue weighted by molar-refractivity contribution is 5.76. The monoisotopic (exact) mass is 1060 g/mol. The van der Waals surface area contributed by atoms with Crippen molar-refractivity contribution in [3.63, 3.8) is 0 Å². The van der Waals surface area contributed by atoms with Gasteiger partial charge in [0.2, 0.25) is 5.91 Å². The van der Waals surface area contributed by atoms with Crippen LogP contribution in [0.2, 0.25) is 0 Å².